The number of nitrogens with zero attached hydrogens (tertiary/aromatic N) is 2. The summed E-state index contributed by atoms with van der Waals surface area (Å²) >= 11 is 12.3. The first-order valence-electron chi connectivity index (χ1n) is 6.97. The van der Waals surface area contributed by atoms with E-state index in [2.05, 4.69) is 9.97 Å². The average Bonchev–Trinajstić information content (AvgIpc) is 2.55. The van der Waals surface area contributed by atoms with E-state index in [1.165, 1.54) is 0 Å². The van der Waals surface area contributed by atoms with Gasteiger partial charge in [-0.1, -0.05) is 23.2 Å². The van der Waals surface area contributed by atoms with Crippen molar-refractivity contribution >= 4 is 40.1 Å². The van der Waals surface area contributed by atoms with Gasteiger partial charge in [0.05, 0.1) is 28.4 Å². The number of hydrogen-bond donors (Lipinski definition) is 0. The van der Waals surface area contributed by atoms with Crippen LogP contribution in [0, 0.1) is 0 Å². The van der Waals surface area contributed by atoms with E-state index in [1.54, 1.807) is 43.6 Å². The minimum absolute atomic E-state index is 0.277. The van der Waals surface area contributed by atoms with Crippen LogP contribution in [0.4, 0.5) is 0 Å². The molecule has 3 rings (SSSR count). The number of pyridine rings is 2. The molecule has 2 aromatic heterocycles. The van der Waals surface area contributed by atoms with E-state index in [0.717, 1.165) is 5.56 Å². The summed E-state index contributed by atoms with van der Waals surface area (Å²) < 4.78 is 5.14. The summed E-state index contributed by atoms with van der Waals surface area (Å²) in [5.74, 6) is -0.441. The quantitative estimate of drug-likeness (QED) is 0.640. The second-order valence-corrected chi connectivity index (χ2v) is 5.64. The highest BCUT2D eigenvalue weighted by Crippen LogP contribution is 2.32. The number of benzene rings is 1. The molecule has 0 spiro atoms. The lowest BCUT2D eigenvalue weighted by atomic mass is 10.0. The predicted molar refractivity (Wildman–Crippen MR) is 91.0 cm³/mol. The van der Waals surface area contributed by atoms with Crippen molar-refractivity contribution in [2.75, 3.05) is 6.61 Å². The summed E-state index contributed by atoms with van der Waals surface area (Å²) in [4.78, 5) is 20.9. The van der Waals surface area contributed by atoms with Gasteiger partial charge < -0.3 is 4.74 Å². The number of rotatable bonds is 3. The first-order chi connectivity index (χ1) is 11.1. The molecule has 4 nitrogen and oxygen atoms in total. The van der Waals surface area contributed by atoms with Crippen molar-refractivity contribution in [3.63, 3.8) is 0 Å². The zero-order valence-corrected chi connectivity index (χ0v) is 13.7. The summed E-state index contributed by atoms with van der Waals surface area (Å²) in [5, 5.41) is 1.38. The monoisotopic (exact) mass is 346 g/mol. The zero-order chi connectivity index (χ0) is 16.4. The van der Waals surface area contributed by atoms with E-state index in [0.29, 0.717) is 32.2 Å². The highest BCUT2D eigenvalue weighted by molar-refractivity contribution is 6.38. The molecule has 2 heterocycles. The maximum absolute atomic E-state index is 12.3. The normalized spacial score (nSPS) is 10.7. The van der Waals surface area contributed by atoms with Crippen molar-refractivity contribution in [3.8, 4) is 11.3 Å². The molecule has 3 aromatic rings. The topological polar surface area (TPSA) is 52.1 Å². The molecule has 0 saturated heterocycles. The lowest BCUT2D eigenvalue weighted by Crippen LogP contribution is -2.07. The van der Waals surface area contributed by atoms with Crippen LogP contribution in [0.15, 0.2) is 42.7 Å². The number of carbonyl (C=O) groups is 1. The molecule has 0 radical (unpaired) electrons. The SMILES string of the molecule is CCOC(=O)c1cc(-c2cccnc2)nc2c(Cl)cc(Cl)cc12. The first kappa shape index (κ1) is 15.7. The third kappa shape index (κ3) is 3.14. The lowest BCUT2D eigenvalue weighted by molar-refractivity contribution is 0.0528. The van der Waals surface area contributed by atoms with Gasteiger partial charge in [0.15, 0.2) is 0 Å². The molecule has 0 atom stereocenters. The summed E-state index contributed by atoms with van der Waals surface area (Å²) in [7, 11) is 0. The van der Waals surface area contributed by atoms with Gasteiger partial charge in [-0.25, -0.2) is 9.78 Å². The minimum Gasteiger partial charge on any atom is -0.462 e. The molecule has 0 bridgehead atoms. The maximum Gasteiger partial charge on any atom is 0.338 e. The molecular formula is C17H12Cl2N2O2. The minimum atomic E-state index is -0.441. The molecule has 1 aromatic carbocycles. The largest absolute Gasteiger partial charge is 0.462 e. The second-order valence-electron chi connectivity index (χ2n) is 4.80. The summed E-state index contributed by atoms with van der Waals surface area (Å²) in [6.45, 7) is 2.03. The molecule has 0 unspecified atom stereocenters. The molecule has 0 aliphatic rings. The molecule has 0 fully saturated rings. The fourth-order valence-corrected chi connectivity index (χ4v) is 2.83. The van der Waals surface area contributed by atoms with Crippen molar-refractivity contribution in [2.24, 2.45) is 0 Å². The van der Waals surface area contributed by atoms with Gasteiger partial charge in [0.1, 0.15) is 0 Å². The van der Waals surface area contributed by atoms with Crippen LogP contribution < -0.4 is 0 Å². The molecule has 116 valence electrons. The van der Waals surface area contributed by atoms with Gasteiger partial charge >= 0.3 is 5.97 Å². The van der Waals surface area contributed by atoms with Crippen LogP contribution in [0.3, 0.4) is 0 Å². The lowest BCUT2D eigenvalue weighted by Gasteiger charge is -2.10. The number of carbonyl (C=O) groups excluding carboxylic acids is 1. The molecule has 0 saturated carbocycles. The fourth-order valence-electron chi connectivity index (χ4n) is 2.29. The summed E-state index contributed by atoms with van der Waals surface area (Å²) in [6, 6.07) is 8.59. The van der Waals surface area contributed by atoms with E-state index in [1.807, 2.05) is 6.07 Å². The number of aromatic nitrogens is 2. The Labute approximate surface area is 143 Å². The van der Waals surface area contributed by atoms with Crippen LogP contribution >= 0.6 is 23.2 Å². The van der Waals surface area contributed by atoms with Crippen LogP contribution in [0.1, 0.15) is 17.3 Å². The van der Waals surface area contributed by atoms with Gasteiger partial charge in [-0.3, -0.25) is 4.98 Å². The number of fused-ring (bicyclic) bond motifs is 1. The Bertz CT molecular complexity index is 883. The molecule has 6 heteroatoms. The Kier molecular flexibility index (Phi) is 4.46. The molecule has 0 amide bonds. The van der Waals surface area contributed by atoms with Crippen LogP contribution in [-0.2, 0) is 4.74 Å². The van der Waals surface area contributed by atoms with Gasteiger partial charge in [0, 0.05) is 28.4 Å². The van der Waals surface area contributed by atoms with Crippen molar-refractivity contribution in [3.05, 3.63) is 58.3 Å². The van der Waals surface area contributed by atoms with E-state index < -0.39 is 5.97 Å². The molecular weight excluding hydrogens is 335 g/mol. The Morgan fingerprint density at radius 2 is 2.09 bits per heavy atom. The van der Waals surface area contributed by atoms with Crippen LogP contribution in [0.25, 0.3) is 22.2 Å². The van der Waals surface area contributed by atoms with E-state index in [-0.39, 0.29) is 6.61 Å². The van der Waals surface area contributed by atoms with E-state index >= 15 is 0 Å². The molecule has 0 aliphatic carbocycles. The highest BCUT2D eigenvalue weighted by atomic mass is 35.5. The summed E-state index contributed by atoms with van der Waals surface area (Å²) in [6.07, 6.45) is 3.34. The van der Waals surface area contributed by atoms with Gasteiger partial charge in [-0.2, -0.15) is 0 Å². The van der Waals surface area contributed by atoms with Gasteiger partial charge in [0.2, 0.25) is 0 Å². The van der Waals surface area contributed by atoms with Crippen molar-refractivity contribution in [1.82, 2.24) is 9.97 Å². The first-order valence-corrected chi connectivity index (χ1v) is 7.73. The predicted octanol–water partition coefficient (Wildman–Crippen LogP) is 4.78. The van der Waals surface area contributed by atoms with Gasteiger partial charge in [0.25, 0.3) is 0 Å². The van der Waals surface area contributed by atoms with Crippen molar-refractivity contribution in [2.45, 2.75) is 6.92 Å². The molecule has 23 heavy (non-hydrogen) atoms. The zero-order valence-electron chi connectivity index (χ0n) is 12.2. The average molecular weight is 347 g/mol. The fraction of sp³-hybridized carbons (Fsp3) is 0.118. The highest BCUT2D eigenvalue weighted by Gasteiger charge is 2.17. The number of halogens is 2. The van der Waals surface area contributed by atoms with Gasteiger partial charge in [-0.15, -0.1) is 0 Å². The smallest absolute Gasteiger partial charge is 0.338 e. The number of hydrogen-bond acceptors (Lipinski definition) is 4. The second kappa shape index (κ2) is 6.52. The van der Waals surface area contributed by atoms with Crippen molar-refractivity contribution in [1.29, 1.82) is 0 Å². The Morgan fingerprint density at radius 3 is 2.78 bits per heavy atom. The van der Waals surface area contributed by atoms with Crippen LogP contribution in [-0.4, -0.2) is 22.5 Å². The molecule has 0 aliphatic heterocycles. The van der Waals surface area contributed by atoms with Crippen LogP contribution in [0.2, 0.25) is 10.0 Å². The molecule has 0 N–H and O–H groups in total. The maximum atomic E-state index is 12.3. The number of ether oxygens (including phenoxy) is 1. The van der Waals surface area contributed by atoms with Crippen molar-refractivity contribution < 1.29 is 9.53 Å². The van der Waals surface area contributed by atoms with E-state index in [4.69, 9.17) is 27.9 Å². The Hall–Kier alpha value is -2.17. The Balaban J connectivity index is 2.31. The van der Waals surface area contributed by atoms with Gasteiger partial charge in [-0.05, 0) is 37.3 Å². The third-order valence-electron chi connectivity index (χ3n) is 3.28. The number of esters is 1. The standard InChI is InChI=1S/C17H12Cl2N2O2/c1-2-23-17(22)13-8-15(10-4-3-5-20-9-10)21-16-12(13)6-11(18)7-14(16)19/h3-9H,2H2,1H3. The van der Waals surface area contributed by atoms with Crippen LogP contribution in [0.5, 0.6) is 0 Å². The summed E-state index contributed by atoms with van der Waals surface area (Å²) in [5.41, 5.74) is 2.25. The Morgan fingerprint density at radius 1 is 1.26 bits per heavy atom. The third-order valence-corrected chi connectivity index (χ3v) is 3.79. The van der Waals surface area contributed by atoms with E-state index in [9.17, 15) is 4.79 Å².